The predicted octanol–water partition coefficient (Wildman–Crippen LogP) is 3.42. The highest BCUT2D eigenvalue weighted by Gasteiger charge is 2.16. The van der Waals surface area contributed by atoms with Gasteiger partial charge in [0, 0.05) is 32.0 Å². The Kier molecular flexibility index (Phi) is 23.6. The van der Waals surface area contributed by atoms with E-state index < -0.39 is 22.6 Å². The molecule has 0 bridgehead atoms. The summed E-state index contributed by atoms with van der Waals surface area (Å²) in [4.78, 5) is 24.2. The van der Waals surface area contributed by atoms with Crippen LogP contribution in [0.4, 0.5) is 0 Å². The first-order chi connectivity index (χ1) is 16.7. The van der Waals surface area contributed by atoms with Crippen LogP contribution in [0.25, 0.3) is 10.4 Å². The average molecular weight is 552 g/mol. The first-order valence-electron chi connectivity index (χ1n) is 10.9. The van der Waals surface area contributed by atoms with E-state index in [0.29, 0.717) is 31.7 Å². The zero-order valence-corrected chi connectivity index (χ0v) is 23.3. The summed E-state index contributed by atoms with van der Waals surface area (Å²) in [5, 5.41) is 8.21. The largest absolute Gasteiger partial charge is 0.494 e. The van der Waals surface area contributed by atoms with Crippen LogP contribution in [0.2, 0.25) is 0 Å². The van der Waals surface area contributed by atoms with Gasteiger partial charge < -0.3 is 15.4 Å². The van der Waals surface area contributed by atoms with Gasteiger partial charge in [-0.15, -0.1) is 0 Å². The number of hydrogen-bond donors (Lipinski definition) is 3. The highest BCUT2D eigenvalue weighted by atomic mass is 32.2. The topological polar surface area (TPSA) is 160 Å². The Hall–Kier alpha value is -2.12. The van der Waals surface area contributed by atoms with E-state index in [2.05, 4.69) is 44.4 Å². The van der Waals surface area contributed by atoms with Gasteiger partial charge in [0.2, 0.25) is 11.8 Å². The maximum Gasteiger partial charge on any atom is 0.297 e. The number of thiol groups is 1. The molecule has 14 heteroatoms. The predicted molar refractivity (Wildman–Crippen MR) is 144 cm³/mol. The monoisotopic (exact) mass is 551 g/mol. The minimum absolute atomic E-state index is 0.0715. The second-order valence-electron chi connectivity index (χ2n) is 6.31. The highest BCUT2D eigenvalue weighted by molar-refractivity contribution is 7.99. The lowest BCUT2D eigenvalue weighted by Gasteiger charge is -2.07. The molecular formula is C21H37N5O6S3. The molecule has 35 heavy (non-hydrogen) atoms. The van der Waals surface area contributed by atoms with Crippen molar-refractivity contribution in [2.75, 3.05) is 51.1 Å². The molecule has 0 heterocycles. The zero-order chi connectivity index (χ0) is 27.0. The number of carbonyl (C=O) groups is 2. The summed E-state index contributed by atoms with van der Waals surface area (Å²) in [7, 11) is -0.929. The smallest absolute Gasteiger partial charge is 0.297 e. The minimum atomic E-state index is -3.99. The van der Waals surface area contributed by atoms with Gasteiger partial charge in [-0.05, 0) is 59.9 Å². The van der Waals surface area contributed by atoms with Crippen LogP contribution in [0, 0.1) is 0 Å². The minimum Gasteiger partial charge on any atom is -0.494 e. The first kappa shape index (κ1) is 35.0. The van der Waals surface area contributed by atoms with E-state index >= 15 is 0 Å². The third-order valence-corrected chi connectivity index (χ3v) is 5.91. The molecule has 0 spiro atoms. The molecule has 1 aromatic rings. The average Bonchev–Trinajstić information content (AvgIpc) is 2.86. The van der Waals surface area contributed by atoms with Gasteiger partial charge in [0.05, 0.1) is 11.5 Å². The first-order valence-corrected chi connectivity index (χ1v) is 14.1. The number of benzene rings is 1. The van der Waals surface area contributed by atoms with Crippen molar-refractivity contribution in [3.05, 3.63) is 34.7 Å². The molecule has 0 fully saturated rings. The van der Waals surface area contributed by atoms with Crippen LogP contribution in [0.1, 0.15) is 33.1 Å². The van der Waals surface area contributed by atoms with Crippen LogP contribution in [0.5, 0.6) is 5.75 Å². The molecule has 0 unspecified atom stereocenters. The van der Waals surface area contributed by atoms with E-state index in [4.69, 9.17) is 10.3 Å². The third kappa shape index (κ3) is 20.9. The van der Waals surface area contributed by atoms with Gasteiger partial charge in [-0.3, -0.25) is 13.8 Å². The number of hydrogen-bond acceptors (Lipinski definition) is 9. The Morgan fingerprint density at radius 1 is 1.11 bits per heavy atom. The highest BCUT2D eigenvalue weighted by Crippen LogP contribution is 2.18. The molecule has 0 aliphatic carbocycles. The van der Waals surface area contributed by atoms with Crippen molar-refractivity contribution in [1.82, 2.24) is 10.6 Å². The zero-order valence-electron chi connectivity index (χ0n) is 20.7. The quantitative estimate of drug-likeness (QED) is 0.0797. The lowest BCUT2D eigenvalue weighted by molar-refractivity contribution is -0.122. The number of nitrogens with one attached hydrogen (secondary N) is 2. The standard InChI is InChI=1S/C12H16N4O5S.C7H15NOS.C2H6S/c1-14-12(17)9-21-22(18,19)11-5-3-10(4-6-11)20-8-2-7-15-16-13;1-3-10-6-4-5-7(9)8-2;1-2-3/h3-6H,2,7-9H2,1H3,(H,14,17);3-6H2,1-2H3,(H,8,9);3H,2H2,1H3. The Labute approximate surface area is 218 Å². The summed E-state index contributed by atoms with van der Waals surface area (Å²) in [5.41, 5.74) is 8.11. The van der Waals surface area contributed by atoms with Crippen molar-refractivity contribution in [3.8, 4) is 5.75 Å². The van der Waals surface area contributed by atoms with Crippen LogP contribution >= 0.6 is 24.4 Å². The summed E-state index contributed by atoms with van der Waals surface area (Å²) in [6.45, 7) is 4.22. The number of likely N-dealkylation sites (N-methyl/N-ethyl adjacent to an activating group) is 1. The fourth-order valence-electron chi connectivity index (χ4n) is 1.95. The van der Waals surface area contributed by atoms with Crippen molar-refractivity contribution in [2.45, 2.75) is 38.0 Å². The molecule has 1 rings (SSSR count). The van der Waals surface area contributed by atoms with Gasteiger partial charge >= 0.3 is 0 Å². The Balaban J connectivity index is 0. The number of amides is 2. The SMILES string of the molecule is CCS.CCSCCCC(=O)NC.CNC(=O)COS(=O)(=O)c1ccc(OCCCN=[N+]=[N-])cc1. The molecular weight excluding hydrogens is 514 g/mol. The molecule has 0 aromatic heterocycles. The second-order valence-corrected chi connectivity index (χ2v) is 9.95. The number of nitrogens with zero attached hydrogens (tertiary/aromatic N) is 3. The van der Waals surface area contributed by atoms with Crippen molar-refractivity contribution >= 4 is 46.3 Å². The fraction of sp³-hybridized carbons (Fsp3) is 0.619. The molecule has 0 saturated carbocycles. The molecule has 1 aromatic carbocycles. The summed E-state index contributed by atoms with van der Waals surface area (Å²) >= 11 is 5.67. The summed E-state index contributed by atoms with van der Waals surface area (Å²) < 4.78 is 33.6. The lowest BCUT2D eigenvalue weighted by Crippen LogP contribution is -2.25. The second kappa shape index (κ2) is 23.6. The van der Waals surface area contributed by atoms with E-state index in [9.17, 15) is 18.0 Å². The fourth-order valence-corrected chi connectivity index (χ4v) is 3.45. The lowest BCUT2D eigenvalue weighted by atomic mass is 10.3. The maximum atomic E-state index is 11.8. The van der Waals surface area contributed by atoms with E-state index in [1.54, 1.807) is 7.05 Å². The summed E-state index contributed by atoms with van der Waals surface area (Å²) in [5.74, 6) is 3.28. The van der Waals surface area contributed by atoms with Gasteiger partial charge in [-0.2, -0.15) is 32.8 Å². The van der Waals surface area contributed by atoms with E-state index in [0.717, 1.165) is 23.7 Å². The Bertz CT molecular complexity index is 848. The molecule has 0 aliphatic rings. The molecule has 200 valence electrons. The van der Waals surface area contributed by atoms with Crippen molar-refractivity contribution in [3.63, 3.8) is 0 Å². The van der Waals surface area contributed by atoms with Gasteiger partial charge in [0.25, 0.3) is 10.1 Å². The molecule has 2 N–H and O–H groups in total. The third-order valence-electron chi connectivity index (χ3n) is 3.65. The molecule has 2 amide bonds. The van der Waals surface area contributed by atoms with E-state index in [1.165, 1.54) is 31.3 Å². The van der Waals surface area contributed by atoms with E-state index in [1.807, 2.05) is 18.7 Å². The number of rotatable bonds is 14. The van der Waals surface area contributed by atoms with Gasteiger partial charge in [0.1, 0.15) is 12.4 Å². The van der Waals surface area contributed by atoms with Crippen molar-refractivity contribution < 1.29 is 26.9 Å². The molecule has 0 radical (unpaired) electrons. The summed E-state index contributed by atoms with van der Waals surface area (Å²) in [6.07, 6.45) is 2.22. The van der Waals surface area contributed by atoms with Crippen LogP contribution in [0.3, 0.4) is 0 Å². The van der Waals surface area contributed by atoms with Gasteiger partial charge in [-0.25, -0.2) is 0 Å². The number of carbonyl (C=O) groups excluding carboxylic acids is 2. The van der Waals surface area contributed by atoms with Crippen molar-refractivity contribution in [2.24, 2.45) is 5.11 Å². The van der Waals surface area contributed by atoms with Gasteiger partial charge in [-0.1, -0.05) is 19.0 Å². The van der Waals surface area contributed by atoms with E-state index in [-0.39, 0.29) is 10.8 Å². The van der Waals surface area contributed by atoms with Crippen LogP contribution < -0.4 is 15.4 Å². The Morgan fingerprint density at radius 2 is 1.71 bits per heavy atom. The molecule has 0 atom stereocenters. The Morgan fingerprint density at radius 3 is 2.23 bits per heavy atom. The molecule has 0 aliphatic heterocycles. The molecule has 11 nitrogen and oxygen atoms in total. The van der Waals surface area contributed by atoms with Crippen LogP contribution in [0.15, 0.2) is 34.3 Å². The van der Waals surface area contributed by atoms with Crippen molar-refractivity contribution in [1.29, 1.82) is 0 Å². The summed E-state index contributed by atoms with van der Waals surface area (Å²) in [6, 6.07) is 5.59. The van der Waals surface area contributed by atoms with Crippen LogP contribution in [-0.2, 0) is 23.9 Å². The van der Waals surface area contributed by atoms with Gasteiger partial charge in [0.15, 0.2) is 0 Å². The normalized spacial score (nSPS) is 9.86. The number of azide groups is 1. The number of ether oxygens (including phenoxy) is 1. The number of thioether (sulfide) groups is 1. The molecule has 0 saturated heterocycles. The maximum absolute atomic E-state index is 11.8. The van der Waals surface area contributed by atoms with Crippen LogP contribution in [-0.4, -0.2) is 71.3 Å².